The van der Waals surface area contributed by atoms with E-state index in [-0.39, 0.29) is 17.2 Å². The summed E-state index contributed by atoms with van der Waals surface area (Å²) in [4.78, 5) is 44.7. The molecule has 0 aliphatic carbocycles. The number of nitrogens with one attached hydrogen (secondary N) is 2. The number of thioether (sulfide) groups is 1. The maximum absolute atomic E-state index is 12.8. The summed E-state index contributed by atoms with van der Waals surface area (Å²) < 4.78 is 0. The summed E-state index contributed by atoms with van der Waals surface area (Å²) in [6.07, 6.45) is 0. The van der Waals surface area contributed by atoms with Gasteiger partial charge in [-0.05, 0) is 43.7 Å². The highest BCUT2D eigenvalue weighted by atomic mass is 32.2. The summed E-state index contributed by atoms with van der Waals surface area (Å²) in [7, 11) is 0. The fourth-order valence-corrected chi connectivity index (χ4v) is 4.87. The molecule has 156 valence electrons. The van der Waals surface area contributed by atoms with Crippen LogP contribution in [0, 0.1) is 0 Å². The number of carbonyl (C=O) groups excluding carboxylic acids is 2. The first-order valence-corrected chi connectivity index (χ1v) is 11.3. The summed E-state index contributed by atoms with van der Waals surface area (Å²) >= 11 is 2.59. The number of hydrogen-bond donors (Lipinski definition) is 2. The van der Waals surface area contributed by atoms with Gasteiger partial charge in [-0.3, -0.25) is 14.4 Å². The van der Waals surface area contributed by atoms with Crippen LogP contribution in [-0.2, 0) is 4.79 Å². The van der Waals surface area contributed by atoms with E-state index in [0.717, 1.165) is 11.1 Å². The van der Waals surface area contributed by atoms with E-state index in [0.29, 0.717) is 26.6 Å². The average molecular weight is 450 g/mol. The first-order chi connectivity index (χ1) is 14.9. The highest BCUT2D eigenvalue weighted by Crippen LogP contribution is 2.32. The Bertz CT molecular complexity index is 1310. The van der Waals surface area contributed by atoms with Crippen molar-refractivity contribution >= 4 is 50.7 Å². The van der Waals surface area contributed by atoms with Gasteiger partial charge >= 0.3 is 0 Å². The molecule has 0 spiro atoms. The Morgan fingerprint density at radius 1 is 1.10 bits per heavy atom. The molecule has 0 fully saturated rings. The quantitative estimate of drug-likeness (QED) is 0.246. The molecule has 8 heteroatoms. The van der Waals surface area contributed by atoms with Gasteiger partial charge in [-0.15, -0.1) is 11.3 Å². The van der Waals surface area contributed by atoms with Crippen molar-refractivity contribution in [1.82, 2.24) is 9.97 Å². The third-order valence-electron chi connectivity index (χ3n) is 4.72. The number of carbonyl (C=O) groups is 2. The topological polar surface area (TPSA) is 91.9 Å². The molecule has 1 amide bonds. The number of aromatic nitrogens is 2. The van der Waals surface area contributed by atoms with Crippen LogP contribution < -0.4 is 10.9 Å². The van der Waals surface area contributed by atoms with Crippen LogP contribution in [0.2, 0.25) is 0 Å². The first kappa shape index (κ1) is 21.0. The third-order valence-corrected chi connectivity index (χ3v) is 6.58. The van der Waals surface area contributed by atoms with Gasteiger partial charge in [0.15, 0.2) is 10.9 Å². The van der Waals surface area contributed by atoms with Crippen molar-refractivity contribution in [2.24, 2.45) is 0 Å². The van der Waals surface area contributed by atoms with E-state index >= 15 is 0 Å². The van der Waals surface area contributed by atoms with Crippen LogP contribution in [0.25, 0.3) is 21.3 Å². The molecule has 1 unspecified atom stereocenters. The lowest BCUT2D eigenvalue weighted by Gasteiger charge is -2.11. The van der Waals surface area contributed by atoms with Gasteiger partial charge in [-0.25, -0.2) is 4.98 Å². The summed E-state index contributed by atoms with van der Waals surface area (Å²) in [6, 6.07) is 16.4. The van der Waals surface area contributed by atoms with E-state index in [1.54, 1.807) is 31.2 Å². The lowest BCUT2D eigenvalue weighted by atomic mass is 10.1. The molecule has 6 nitrogen and oxygen atoms in total. The molecule has 2 aromatic heterocycles. The number of rotatable bonds is 6. The van der Waals surface area contributed by atoms with Crippen molar-refractivity contribution in [3.05, 3.63) is 75.9 Å². The van der Waals surface area contributed by atoms with Crippen LogP contribution in [0.15, 0.2) is 69.9 Å². The number of H-pyrrole nitrogens is 1. The Labute approximate surface area is 186 Å². The second-order valence-electron chi connectivity index (χ2n) is 6.95. The standard InChI is InChI=1S/C23H19N3O3S2/c1-13(27)15-8-10-17(11-9-15)24-20(28)14(2)31-23-25-21(29)19-18(12-30-22(19)26-23)16-6-4-3-5-7-16/h3-12,14H,1-2H3,(H,24,28)(H,25,26,29). The van der Waals surface area contributed by atoms with Crippen LogP contribution in [0.1, 0.15) is 24.2 Å². The van der Waals surface area contributed by atoms with Gasteiger partial charge in [0.1, 0.15) is 4.83 Å². The zero-order valence-corrected chi connectivity index (χ0v) is 18.5. The van der Waals surface area contributed by atoms with Gasteiger partial charge in [0.25, 0.3) is 5.56 Å². The maximum atomic E-state index is 12.8. The van der Waals surface area contributed by atoms with Gasteiger partial charge in [0.2, 0.25) is 5.91 Å². The number of fused-ring (bicyclic) bond motifs is 1. The van der Waals surface area contributed by atoms with E-state index in [4.69, 9.17) is 0 Å². The lowest BCUT2D eigenvalue weighted by molar-refractivity contribution is -0.115. The molecule has 0 saturated carbocycles. The minimum atomic E-state index is -0.485. The zero-order chi connectivity index (χ0) is 22.0. The predicted octanol–water partition coefficient (Wildman–Crippen LogP) is 4.97. The van der Waals surface area contributed by atoms with Gasteiger partial charge in [-0.2, -0.15) is 0 Å². The molecule has 0 bridgehead atoms. The maximum Gasteiger partial charge on any atom is 0.260 e. The van der Waals surface area contributed by atoms with Gasteiger partial charge in [0.05, 0.1) is 10.6 Å². The molecule has 0 saturated heterocycles. The lowest BCUT2D eigenvalue weighted by Crippen LogP contribution is -2.23. The van der Waals surface area contributed by atoms with Crippen molar-refractivity contribution in [3.8, 4) is 11.1 Å². The molecule has 0 aliphatic heterocycles. The number of nitrogens with zero attached hydrogens (tertiary/aromatic N) is 1. The Kier molecular flexibility index (Phi) is 6.01. The minimum Gasteiger partial charge on any atom is -0.325 e. The monoisotopic (exact) mass is 449 g/mol. The van der Waals surface area contributed by atoms with Crippen molar-refractivity contribution in [2.75, 3.05) is 5.32 Å². The van der Waals surface area contributed by atoms with Crippen LogP contribution in [0.4, 0.5) is 5.69 Å². The van der Waals surface area contributed by atoms with Crippen molar-refractivity contribution in [3.63, 3.8) is 0 Å². The number of amides is 1. The molecular weight excluding hydrogens is 430 g/mol. The van der Waals surface area contributed by atoms with Gasteiger partial charge < -0.3 is 10.3 Å². The van der Waals surface area contributed by atoms with E-state index in [1.165, 1.54) is 30.0 Å². The normalized spacial score (nSPS) is 11.9. The summed E-state index contributed by atoms with van der Waals surface area (Å²) in [5.74, 6) is -0.254. The number of ketones is 1. The Morgan fingerprint density at radius 2 is 1.81 bits per heavy atom. The largest absolute Gasteiger partial charge is 0.325 e. The molecular formula is C23H19N3O3S2. The fraction of sp³-hybridized carbons (Fsp3) is 0.130. The van der Waals surface area contributed by atoms with E-state index in [1.807, 2.05) is 35.7 Å². The second-order valence-corrected chi connectivity index (χ2v) is 9.14. The Morgan fingerprint density at radius 3 is 2.48 bits per heavy atom. The number of benzene rings is 2. The first-order valence-electron chi connectivity index (χ1n) is 9.58. The van der Waals surface area contributed by atoms with E-state index < -0.39 is 5.25 Å². The zero-order valence-electron chi connectivity index (χ0n) is 16.8. The van der Waals surface area contributed by atoms with Crippen molar-refractivity contribution < 1.29 is 9.59 Å². The highest BCUT2D eigenvalue weighted by molar-refractivity contribution is 8.00. The van der Waals surface area contributed by atoms with E-state index in [2.05, 4.69) is 15.3 Å². The highest BCUT2D eigenvalue weighted by Gasteiger charge is 2.18. The summed E-state index contributed by atoms with van der Waals surface area (Å²) in [6.45, 7) is 3.24. The molecule has 0 aliphatic rings. The molecule has 2 heterocycles. The Balaban J connectivity index is 1.51. The summed E-state index contributed by atoms with van der Waals surface area (Å²) in [5.41, 5.74) is 2.78. The predicted molar refractivity (Wildman–Crippen MR) is 126 cm³/mol. The number of aromatic amines is 1. The van der Waals surface area contributed by atoms with E-state index in [9.17, 15) is 14.4 Å². The van der Waals surface area contributed by atoms with Gasteiger partial charge in [0, 0.05) is 22.2 Å². The molecule has 4 rings (SSSR count). The third kappa shape index (κ3) is 4.60. The van der Waals surface area contributed by atoms with Crippen LogP contribution in [0.5, 0.6) is 0 Å². The van der Waals surface area contributed by atoms with Crippen LogP contribution in [-0.4, -0.2) is 26.9 Å². The van der Waals surface area contributed by atoms with Crippen LogP contribution in [0.3, 0.4) is 0 Å². The second kappa shape index (κ2) is 8.87. The number of thiophene rings is 1. The number of hydrogen-bond acceptors (Lipinski definition) is 6. The number of anilines is 1. The van der Waals surface area contributed by atoms with Crippen molar-refractivity contribution in [1.29, 1.82) is 0 Å². The SMILES string of the molecule is CC(=O)c1ccc(NC(=O)C(C)Sc2nc3scc(-c4ccccc4)c3c(=O)[nH]2)cc1. The molecule has 0 radical (unpaired) electrons. The van der Waals surface area contributed by atoms with Crippen molar-refractivity contribution in [2.45, 2.75) is 24.3 Å². The molecule has 4 aromatic rings. The van der Waals surface area contributed by atoms with Gasteiger partial charge in [-0.1, -0.05) is 42.1 Å². The minimum absolute atomic E-state index is 0.0313. The van der Waals surface area contributed by atoms with Crippen LogP contribution >= 0.6 is 23.1 Å². The summed E-state index contributed by atoms with van der Waals surface area (Å²) in [5, 5.41) is 5.22. The average Bonchev–Trinajstić information content (AvgIpc) is 3.19. The number of Topliss-reactive ketones (excluding diaryl/α,β-unsaturated/α-hetero) is 1. The Hall–Kier alpha value is -3.23. The smallest absolute Gasteiger partial charge is 0.260 e. The molecule has 1 atom stereocenters. The molecule has 31 heavy (non-hydrogen) atoms. The molecule has 2 aromatic carbocycles. The molecule has 2 N–H and O–H groups in total. The fourth-order valence-electron chi connectivity index (χ4n) is 3.07.